The Kier molecular flexibility index (Phi) is 17.4. The number of hydrogen-bond acceptors (Lipinski definition) is 1. The SMILES string of the molecule is [CH2]OCCCCCCCC/C=C\C/C=C\C/C=C\CC. The average molecular weight is 277 g/mol. The third-order valence-electron chi connectivity index (χ3n) is 3.19. The molecule has 0 bridgehead atoms. The first-order valence-corrected chi connectivity index (χ1v) is 8.23. The second-order valence-corrected chi connectivity index (χ2v) is 5.11. The highest BCUT2D eigenvalue weighted by Gasteiger charge is 1.90. The lowest BCUT2D eigenvalue weighted by Crippen LogP contribution is -1.86. The van der Waals surface area contributed by atoms with Crippen molar-refractivity contribution in [2.24, 2.45) is 0 Å². The maximum atomic E-state index is 4.79. The van der Waals surface area contributed by atoms with Crippen LogP contribution in [0.3, 0.4) is 0 Å². The van der Waals surface area contributed by atoms with E-state index in [1.807, 2.05) is 0 Å². The summed E-state index contributed by atoms with van der Waals surface area (Å²) in [5.74, 6) is 0. The van der Waals surface area contributed by atoms with Crippen LogP contribution in [0.5, 0.6) is 0 Å². The fraction of sp³-hybridized carbons (Fsp3) is 0.632. The van der Waals surface area contributed by atoms with E-state index in [2.05, 4.69) is 50.5 Å². The highest BCUT2D eigenvalue weighted by atomic mass is 16.5. The van der Waals surface area contributed by atoms with Gasteiger partial charge in [0.1, 0.15) is 0 Å². The molecule has 0 heterocycles. The summed E-state index contributed by atoms with van der Waals surface area (Å²) in [6.07, 6.45) is 25.9. The molecule has 20 heavy (non-hydrogen) atoms. The van der Waals surface area contributed by atoms with Crippen molar-refractivity contribution in [2.75, 3.05) is 6.61 Å². The molecule has 0 aromatic carbocycles. The zero-order valence-corrected chi connectivity index (χ0v) is 13.4. The smallest absolute Gasteiger partial charge is 0.0700 e. The molecular formula is C19H33O. The van der Waals surface area contributed by atoms with E-state index in [1.54, 1.807) is 0 Å². The number of unbranched alkanes of at least 4 members (excludes halogenated alkanes) is 6. The maximum absolute atomic E-state index is 4.79. The summed E-state index contributed by atoms with van der Waals surface area (Å²) < 4.78 is 4.79. The zero-order chi connectivity index (χ0) is 14.7. The summed E-state index contributed by atoms with van der Waals surface area (Å²) in [7, 11) is 3.38. The highest BCUT2D eigenvalue weighted by molar-refractivity contribution is 4.96. The lowest BCUT2D eigenvalue weighted by atomic mass is 10.1. The van der Waals surface area contributed by atoms with Gasteiger partial charge < -0.3 is 4.74 Å². The van der Waals surface area contributed by atoms with Crippen LogP contribution in [0, 0.1) is 7.11 Å². The van der Waals surface area contributed by atoms with Crippen LogP contribution in [0.2, 0.25) is 0 Å². The molecule has 0 N–H and O–H groups in total. The molecule has 0 atom stereocenters. The summed E-state index contributed by atoms with van der Waals surface area (Å²) >= 11 is 0. The van der Waals surface area contributed by atoms with E-state index in [-0.39, 0.29) is 0 Å². The third-order valence-corrected chi connectivity index (χ3v) is 3.19. The van der Waals surface area contributed by atoms with Gasteiger partial charge in [-0.05, 0) is 38.5 Å². The summed E-state index contributed by atoms with van der Waals surface area (Å²) in [5.41, 5.74) is 0. The van der Waals surface area contributed by atoms with Crippen molar-refractivity contribution < 1.29 is 4.74 Å². The van der Waals surface area contributed by atoms with Crippen LogP contribution in [-0.4, -0.2) is 6.61 Å². The van der Waals surface area contributed by atoms with Crippen molar-refractivity contribution in [3.63, 3.8) is 0 Å². The first-order valence-electron chi connectivity index (χ1n) is 8.23. The van der Waals surface area contributed by atoms with Crippen molar-refractivity contribution in [2.45, 2.75) is 71.1 Å². The standard InChI is InChI=1S/C19H33O/c1-3-4-5-6-7-8-9-10-11-12-13-14-15-16-17-18-19-20-2/h4-5,7-8,10-11H,2-3,6,9,12-19H2,1H3/b5-4-,8-7-,11-10-. The molecule has 0 saturated carbocycles. The maximum Gasteiger partial charge on any atom is 0.0700 e. The molecule has 1 heteroatoms. The Labute approximate surface area is 126 Å². The van der Waals surface area contributed by atoms with Gasteiger partial charge in [-0.3, -0.25) is 0 Å². The van der Waals surface area contributed by atoms with Crippen LogP contribution in [0.15, 0.2) is 36.5 Å². The van der Waals surface area contributed by atoms with Crippen molar-refractivity contribution in [1.82, 2.24) is 0 Å². The van der Waals surface area contributed by atoms with Gasteiger partial charge in [0.15, 0.2) is 0 Å². The molecular weight excluding hydrogens is 244 g/mol. The summed E-state index contributed by atoms with van der Waals surface area (Å²) in [4.78, 5) is 0. The molecule has 0 spiro atoms. The fourth-order valence-electron chi connectivity index (χ4n) is 2.00. The lowest BCUT2D eigenvalue weighted by molar-refractivity contribution is 0.233. The largest absolute Gasteiger partial charge is 0.379 e. The van der Waals surface area contributed by atoms with Gasteiger partial charge in [-0.2, -0.15) is 0 Å². The first kappa shape index (κ1) is 19.2. The third kappa shape index (κ3) is 17.2. The number of rotatable bonds is 14. The van der Waals surface area contributed by atoms with E-state index in [9.17, 15) is 0 Å². The van der Waals surface area contributed by atoms with Crippen LogP contribution in [0.1, 0.15) is 71.1 Å². The van der Waals surface area contributed by atoms with Crippen LogP contribution >= 0.6 is 0 Å². The zero-order valence-electron chi connectivity index (χ0n) is 13.4. The Bertz CT molecular complexity index is 250. The molecule has 0 amide bonds. The quantitative estimate of drug-likeness (QED) is 0.264. The van der Waals surface area contributed by atoms with Gasteiger partial charge in [0, 0.05) is 6.61 Å². The van der Waals surface area contributed by atoms with Crippen molar-refractivity contribution in [3.05, 3.63) is 43.6 Å². The molecule has 0 aromatic rings. The topological polar surface area (TPSA) is 9.23 Å². The minimum atomic E-state index is 0.810. The second kappa shape index (κ2) is 18.2. The monoisotopic (exact) mass is 277 g/mol. The molecule has 0 fully saturated rings. The van der Waals surface area contributed by atoms with Crippen LogP contribution in [0.4, 0.5) is 0 Å². The van der Waals surface area contributed by atoms with E-state index >= 15 is 0 Å². The summed E-state index contributed by atoms with van der Waals surface area (Å²) in [6, 6.07) is 0. The van der Waals surface area contributed by atoms with Crippen LogP contribution < -0.4 is 0 Å². The Morgan fingerprint density at radius 2 is 1.25 bits per heavy atom. The van der Waals surface area contributed by atoms with E-state index in [0.29, 0.717) is 0 Å². The van der Waals surface area contributed by atoms with E-state index < -0.39 is 0 Å². The van der Waals surface area contributed by atoms with Crippen molar-refractivity contribution >= 4 is 0 Å². The molecule has 0 aromatic heterocycles. The second-order valence-electron chi connectivity index (χ2n) is 5.11. The highest BCUT2D eigenvalue weighted by Crippen LogP contribution is 2.07. The van der Waals surface area contributed by atoms with Crippen molar-refractivity contribution in [1.29, 1.82) is 0 Å². The lowest BCUT2D eigenvalue weighted by Gasteiger charge is -1.99. The van der Waals surface area contributed by atoms with Gasteiger partial charge in [0.2, 0.25) is 0 Å². The van der Waals surface area contributed by atoms with E-state index in [4.69, 9.17) is 4.74 Å². The summed E-state index contributed by atoms with van der Waals surface area (Å²) in [5, 5.41) is 0. The number of hydrogen-bond donors (Lipinski definition) is 0. The van der Waals surface area contributed by atoms with Gasteiger partial charge in [-0.25, -0.2) is 0 Å². The van der Waals surface area contributed by atoms with Crippen LogP contribution in [0.25, 0.3) is 0 Å². The minimum Gasteiger partial charge on any atom is -0.379 e. The number of allylic oxidation sites excluding steroid dienone is 6. The molecule has 115 valence electrons. The molecule has 0 aliphatic carbocycles. The Balaban J connectivity index is 3.17. The molecule has 0 saturated heterocycles. The first-order chi connectivity index (χ1) is 9.91. The van der Waals surface area contributed by atoms with Gasteiger partial charge in [0.05, 0.1) is 7.11 Å². The Hall–Kier alpha value is -0.820. The van der Waals surface area contributed by atoms with E-state index in [1.165, 1.54) is 38.5 Å². The molecule has 0 rings (SSSR count). The molecule has 1 nitrogen and oxygen atoms in total. The van der Waals surface area contributed by atoms with Gasteiger partial charge in [-0.1, -0.05) is 69.1 Å². The van der Waals surface area contributed by atoms with E-state index in [0.717, 1.165) is 32.3 Å². The Morgan fingerprint density at radius 3 is 1.90 bits per heavy atom. The molecule has 0 aliphatic rings. The van der Waals surface area contributed by atoms with Gasteiger partial charge in [-0.15, -0.1) is 0 Å². The number of ether oxygens (including phenoxy) is 1. The predicted molar refractivity (Wildman–Crippen MR) is 90.6 cm³/mol. The molecule has 0 aliphatic heterocycles. The van der Waals surface area contributed by atoms with Gasteiger partial charge in [0.25, 0.3) is 0 Å². The fourth-order valence-corrected chi connectivity index (χ4v) is 2.00. The molecule has 0 unspecified atom stereocenters. The Morgan fingerprint density at radius 1 is 0.700 bits per heavy atom. The molecule has 1 radical (unpaired) electrons. The van der Waals surface area contributed by atoms with Gasteiger partial charge >= 0.3 is 0 Å². The van der Waals surface area contributed by atoms with Crippen LogP contribution in [-0.2, 0) is 4.74 Å². The average Bonchev–Trinajstić information content (AvgIpc) is 2.47. The van der Waals surface area contributed by atoms with Crippen molar-refractivity contribution in [3.8, 4) is 0 Å². The normalized spacial score (nSPS) is 12.3. The minimum absolute atomic E-state index is 0.810. The predicted octanol–water partition coefficient (Wildman–Crippen LogP) is 6.38. The summed E-state index contributed by atoms with van der Waals surface area (Å²) in [6.45, 7) is 2.98.